The molecule has 1 aromatic carbocycles. The number of carbonyl (C=O) groups excluding carboxylic acids is 2. The molecule has 0 radical (unpaired) electrons. The molecule has 0 unspecified atom stereocenters. The maximum absolute atomic E-state index is 12.5. The Hall–Kier alpha value is -1.94. The van der Waals surface area contributed by atoms with E-state index in [4.69, 9.17) is 9.47 Å². The molecule has 2 heterocycles. The quantitative estimate of drug-likeness (QED) is 0.665. The fourth-order valence-electron chi connectivity index (χ4n) is 2.91. The minimum atomic E-state index is -0.564. The van der Waals surface area contributed by atoms with Crippen molar-refractivity contribution in [2.75, 3.05) is 0 Å². The third-order valence-electron chi connectivity index (χ3n) is 3.94. The second-order valence-electron chi connectivity index (χ2n) is 5.63. The van der Waals surface area contributed by atoms with Crippen LogP contribution in [0.1, 0.15) is 34.6 Å². The Balaban J connectivity index is 1.93. The lowest BCUT2D eigenvalue weighted by Gasteiger charge is -2.32. The lowest BCUT2D eigenvalue weighted by molar-refractivity contribution is 0.00532. The van der Waals surface area contributed by atoms with Crippen molar-refractivity contribution in [3.63, 3.8) is 0 Å². The highest BCUT2D eigenvalue weighted by Gasteiger charge is 2.61. The zero-order valence-corrected chi connectivity index (χ0v) is 10.6. The van der Waals surface area contributed by atoms with Gasteiger partial charge in [-0.2, -0.15) is 0 Å². The van der Waals surface area contributed by atoms with Crippen LogP contribution in [0.15, 0.2) is 35.6 Å². The van der Waals surface area contributed by atoms with E-state index in [1.807, 2.05) is 13.8 Å². The van der Waals surface area contributed by atoms with Crippen molar-refractivity contribution in [3.8, 4) is 0 Å². The van der Waals surface area contributed by atoms with Crippen molar-refractivity contribution >= 4 is 11.6 Å². The first-order valence-electron chi connectivity index (χ1n) is 6.28. The summed E-state index contributed by atoms with van der Waals surface area (Å²) in [5, 5.41) is 0. The molecule has 0 spiro atoms. The number of ether oxygens (including phenoxy) is 2. The molecule has 0 saturated carbocycles. The molecule has 0 bridgehead atoms. The van der Waals surface area contributed by atoms with E-state index in [9.17, 15) is 9.59 Å². The van der Waals surface area contributed by atoms with Gasteiger partial charge in [0.2, 0.25) is 5.78 Å². The zero-order valence-electron chi connectivity index (χ0n) is 10.6. The normalized spacial score (nSPS) is 30.2. The molecule has 19 heavy (non-hydrogen) atoms. The van der Waals surface area contributed by atoms with Gasteiger partial charge in [-0.05, 0) is 13.8 Å². The van der Waals surface area contributed by atoms with Crippen LogP contribution in [0.4, 0.5) is 0 Å². The van der Waals surface area contributed by atoms with Crippen LogP contribution in [0.3, 0.4) is 0 Å². The van der Waals surface area contributed by atoms with Crippen LogP contribution in [-0.2, 0) is 9.47 Å². The summed E-state index contributed by atoms with van der Waals surface area (Å²) < 4.78 is 11.3. The van der Waals surface area contributed by atoms with Crippen molar-refractivity contribution in [1.29, 1.82) is 0 Å². The van der Waals surface area contributed by atoms with E-state index < -0.39 is 5.60 Å². The number of rotatable bonds is 0. The van der Waals surface area contributed by atoms with E-state index in [1.165, 1.54) is 0 Å². The summed E-state index contributed by atoms with van der Waals surface area (Å²) in [6.45, 7) is 3.75. The molecule has 1 aliphatic carbocycles. The van der Waals surface area contributed by atoms with Gasteiger partial charge in [-0.15, -0.1) is 0 Å². The maximum Gasteiger partial charge on any atom is 0.228 e. The summed E-state index contributed by atoms with van der Waals surface area (Å²) in [4.78, 5) is 24.9. The minimum absolute atomic E-state index is 0.131. The van der Waals surface area contributed by atoms with Crippen molar-refractivity contribution in [2.24, 2.45) is 0 Å². The number of carbonyl (C=O) groups is 2. The molecule has 2 aliphatic heterocycles. The van der Waals surface area contributed by atoms with E-state index in [1.54, 1.807) is 24.3 Å². The monoisotopic (exact) mass is 256 g/mol. The Morgan fingerprint density at radius 2 is 1.68 bits per heavy atom. The molecule has 4 heteroatoms. The fraction of sp³-hybridized carbons (Fsp3) is 0.333. The third-order valence-corrected chi connectivity index (χ3v) is 3.94. The van der Waals surface area contributed by atoms with Crippen LogP contribution in [0.5, 0.6) is 0 Å². The summed E-state index contributed by atoms with van der Waals surface area (Å²) in [6, 6.07) is 6.85. The molecule has 3 aliphatic rings. The van der Waals surface area contributed by atoms with Crippen molar-refractivity contribution in [1.82, 2.24) is 0 Å². The highest BCUT2D eigenvalue weighted by molar-refractivity contribution is 6.26. The molecule has 1 fully saturated rings. The first-order valence-corrected chi connectivity index (χ1v) is 6.28. The zero-order chi connectivity index (χ0) is 13.4. The van der Waals surface area contributed by atoms with E-state index in [0.29, 0.717) is 16.7 Å². The highest BCUT2D eigenvalue weighted by Crippen LogP contribution is 2.48. The average molecular weight is 256 g/mol. The van der Waals surface area contributed by atoms with Crippen LogP contribution in [0.25, 0.3) is 0 Å². The largest absolute Gasteiger partial charge is 0.480 e. The SMILES string of the molecule is CC1(C)OC2=C(C(=O)c3ccccc3C2=O)[C@@H]2O[C@@H]21. The Bertz CT molecular complexity index is 668. The lowest BCUT2D eigenvalue weighted by atomic mass is 9.82. The van der Waals surface area contributed by atoms with Gasteiger partial charge in [0.25, 0.3) is 0 Å². The van der Waals surface area contributed by atoms with Crippen molar-refractivity contribution in [2.45, 2.75) is 31.7 Å². The van der Waals surface area contributed by atoms with Gasteiger partial charge in [0, 0.05) is 11.1 Å². The molecule has 0 amide bonds. The molecule has 1 aromatic rings. The highest BCUT2D eigenvalue weighted by atomic mass is 16.6. The standard InChI is InChI=1S/C15H12O4/c1-15(2)14-13(18-14)9-10(16)7-5-3-4-6-8(7)11(17)12(9)19-15/h3-6,13-14H,1-2H3/t13-,14-/m0/s1. The Morgan fingerprint density at radius 3 is 2.37 bits per heavy atom. The maximum atomic E-state index is 12.5. The van der Waals surface area contributed by atoms with Crippen LogP contribution in [0, 0.1) is 0 Å². The lowest BCUT2D eigenvalue weighted by Crippen LogP contribution is -2.41. The van der Waals surface area contributed by atoms with Gasteiger partial charge in [0.1, 0.15) is 17.8 Å². The summed E-state index contributed by atoms with van der Waals surface area (Å²) in [6.07, 6.45) is -0.420. The van der Waals surface area contributed by atoms with Crippen molar-refractivity contribution < 1.29 is 19.1 Å². The predicted octanol–water partition coefficient (Wildman–Crippen LogP) is 1.90. The third kappa shape index (κ3) is 1.27. The smallest absolute Gasteiger partial charge is 0.228 e. The molecule has 0 N–H and O–H groups in total. The van der Waals surface area contributed by atoms with Crippen LogP contribution in [0.2, 0.25) is 0 Å². The Labute approximate surface area is 110 Å². The second-order valence-corrected chi connectivity index (χ2v) is 5.63. The number of hydrogen-bond acceptors (Lipinski definition) is 4. The predicted molar refractivity (Wildman–Crippen MR) is 66.0 cm³/mol. The fourth-order valence-corrected chi connectivity index (χ4v) is 2.91. The van der Waals surface area contributed by atoms with Crippen LogP contribution < -0.4 is 0 Å². The molecular weight excluding hydrogens is 244 g/mol. The molecule has 2 atom stereocenters. The molecule has 0 aromatic heterocycles. The molecule has 4 rings (SSSR count). The van der Waals surface area contributed by atoms with E-state index in [2.05, 4.69) is 0 Å². The average Bonchev–Trinajstić information content (AvgIpc) is 3.16. The van der Waals surface area contributed by atoms with E-state index >= 15 is 0 Å². The molecule has 4 nitrogen and oxygen atoms in total. The topological polar surface area (TPSA) is 55.9 Å². The van der Waals surface area contributed by atoms with Gasteiger partial charge in [-0.1, -0.05) is 24.3 Å². The Morgan fingerprint density at radius 1 is 1.05 bits per heavy atom. The number of ketones is 2. The summed E-state index contributed by atoms with van der Waals surface area (Å²) >= 11 is 0. The minimum Gasteiger partial charge on any atom is -0.480 e. The van der Waals surface area contributed by atoms with E-state index in [-0.39, 0.29) is 29.5 Å². The first kappa shape index (κ1) is 10.9. The number of Topliss-reactive ketones (excluding diaryl/α,β-unsaturated/α-hetero) is 2. The number of allylic oxidation sites excluding steroid dienone is 1. The number of hydrogen-bond donors (Lipinski definition) is 0. The van der Waals surface area contributed by atoms with Crippen molar-refractivity contribution in [3.05, 3.63) is 46.7 Å². The summed E-state index contributed by atoms with van der Waals surface area (Å²) in [7, 11) is 0. The molecule has 96 valence electrons. The molecule has 1 saturated heterocycles. The van der Waals surface area contributed by atoms with Gasteiger partial charge in [-0.3, -0.25) is 9.59 Å². The van der Waals surface area contributed by atoms with E-state index in [0.717, 1.165) is 0 Å². The second kappa shape index (κ2) is 3.14. The van der Waals surface area contributed by atoms with Crippen LogP contribution >= 0.6 is 0 Å². The first-order chi connectivity index (χ1) is 9.00. The van der Waals surface area contributed by atoms with Crippen LogP contribution in [-0.4, -0.2) is 29.4 Å². The van der Waals surface area contributed by atoms with Gasteiger partial charge >= 0.3 is 0 Å². The van der Waals surface area contributed by atoms with Gasteiger partial charge in [0.15, 0.2) is 11.5 Å². The summed E-state index contributed by atoms with van der Waals surface area (Å²) in [5.74, 6) is -0.187. The molecular formula is C15H12O4. The van der Waals surface area contributed by atoms with Gasteiger partial charge in [0.05, 0.1) is 5.57 Å². The number of epoxide rings is 1. The summed E-state index contributed by atoms with van der Waals surface area (Å²) in [5.41, 5.74) is 0.698. The van der Waals surface area contributed by atoms with Gasteiger partial charge in [-0.25, -0.2) is 0 Å². The van der Waals surface area contributed by atoms with Gasteiger partial charge < -0.3 is 9.47 Å². The number of fused-ring (bicyclic) bond motifs is 3. The Kier molecular flexibility index (Phi) is 1.81. The number of benzene rings is 1.